The van der Waals surface area contributed by atoms with Gasteiger partial charge >= 0.3 is 5.97 Å². The maximum absolute atomic E-state index is 11.4. The largest absolute Gasteiger partial charge is 0.464 e. The van der Waals surface area contributed by atoms with Gasteiger partial charge in [0, 0.05) is 0 Å². The molecule has 14 heavy (non-hydrogen) atoms. The maximum Gasteiger partial charge on any atom is 0.356 e. The summed E-state index contributed by atoms with van der Waals surface area (Å²) < 4.78 is 6.21. The Morgan fingerprint density at radius 3 is 3.07 bits per heavy atom. The van der Waals surface area contributed by atoms with E-state index in [0.717, 1.165) is 5.52 Å². The summed E-state index contributed by atoms with van der Waals surface area (Å²) >= 11 is 5.88. The van der Waals surface area contributed by atoms with Crippen molar-refractivity contribution in [3.63, 3.8) is 0 Å². The molecule has 0 saturated heterocycles. The van der Waals surface area contributed by atoms with Crippen molar-refractivity contribution in [1.82, 2.24) is 9.38 Å². The van der Waals surface area contributed by atoms with Crippen molar-refractivity contribution in [3.8, 4) is 0 Å². The normalized spacial score (nSPS) is 10.4. The molecule has 0 aliphatic rings. The summed E-state index contributed by atoms with van der Waals surface area (Å²) in [6, 6.07) is 3.42. The lowest BCUT2D eigenvalue weighted by Crippen LogP contribution is -2.08. The van der Waals surface area contributed by atoms with Crippen LogP contribution in [0.1, 0.15) is 10.5 Å². The molecule has 72 valence electrons. The highest BCUT2D eigenvalue weighted by Gasteiger charge is 2.14. The van der Waals surface area contributed by atoms with Crippen molar-refractivity contribution in [1.29, 1.82) is 0 Å². The third-order valence-corrected chi connectivity index (χ3v) is 2.22. The van der Waals surface area contributed by atoms with Gasteiger partial charge in [-0.05, 0) is 12.1 Å². The van der Waals surface area contributed by atoms with E-state index in [-0.39, 0.29) is 0 Å². The number of ether oxygens (including phenoxy) is 1. The van der Waals surface area contributed by atoms with Gasteiger partial charge in [0.1, 0.15) is 0 Å². The van der Waals surface area contributed by atoms with Gasteiger partial charge in [-0.15, -0.1) is 0 Å². The summed E-state index contributed by atoms with van der Waals surface area (Å²) in [6.07, 6.45) is 3.16. The van der Waals surface area contributed by atoms with Crippen LogP contribution in [0.3, 0.4) is 0 Å². The molecule has 0 N–H and O–H groups in total. The summed E-state index contributed by atoms with van der Waals surface area (Å²) in [5.41, 5.74) is 1.10. The van der Waals surface area contributed by atoms with Crippen LogP contribution in [-0.2, 0) is 4.74 Å². The molecular formula is C9H7ClN2O2. The number of hydrogen-bond donors (Lipinski definition) is 0. The van der Waals surface area contributed by atoms with Gasteiger partial charge in [-0.25, -0.2) is 9.78 Å². The van der Waals surface area contributed by atoms with E-state index >= 15 is 0 Å². The number of rotatable bonds is 1. The van der Waals surface area contributed by atoms with Crippen molar-refractivity contribution in [2.45, 2.75) is 0 Å². The van der Waals surface area contributed by atoms with Crippen LogP contribution >= 0.6 is 11.6 Å². The Morgan fingerprint density at radius 1 is 1.57 bits per heavy atom. The standard InChI is InChI=1S/C9H7ClN2O2/c1-14-9(13)8-7(10)3-2-6-4-11-5-12(6)8/h2-5H,1H3. The Labute approximate surface area is 85.1 Å². The smallest absolute Gasteiger partial charge is 0.356 e. The van der Waals surface area contributed by atoms with Crippen LogP contribution in [0.4, 0.5) is 0 Å². The van der Waals surface area contributed by atoms with Gasteiger partial charge in [0.15, 0.2) is 5.69 Å². The lowest BCUT2D eigenvalue weighted by atomic mass is 10.3. The maximum atomic E-state index is 11.4. The SMILES string of the molecule is COC(=O)c1c(Cl)ccc2cncn12. The fourth-order valence-corrected chi connectivity index (χ4v) is 1.49. The average Bonchev–Trinajstić information content (AvgIpc) is 2.64. The lowest BCUT2D eigenvalue weighted by Gasteiger charge is -2.04. The highest BCUT2D eigenvalue weighted by molar-refractivity contribution is 6.33. The van der Waals surface area contributed by atoms with E-state index in [1.807, 2.05) is 0 Å². The molecule has 0 unspecified atom stereocenters. The summed E-state index contributed by atoms with van der Waals surface area (Å²) in [5, 5.41) is 0.349. The second-order valence-electron chi connectivity index (χ2n) is 2.71. The van der Waals surface area contributed by atoms with E-state index in [4.69, 9.17) is 11.6 Å². The molecule has 0 aliphatic carbocycles. The number of methoxy groups -OCH3 is 1. The van der Waals surface area contributed by atoms with Crippen LogP contribution in [0.5, 0.6) is 0 Å². The van der Waals surface area contributed by atoms with Crippen molar-refractivity contribution in [2.75, 3.05) is 7.11 Å². The number of hydrogen-bond acceptors (Lipinski definition) is 3. The second-order valence-corrected chi connectivity index (χ2v) is 3.12. The molecule has 0 fully saturated rings. The number of fused-ring (bicyclic) bond motifs is 1. The van der Waals surface area contributed by atoms with E-state index in [1.54, 1.807) is 22.7 Å². The summed E-state index contributed by atoms with van der Waals surface area (Å²) in [7, 11) is 1.31. The number of nitrogens with zero attached hydrogens (tertiary/aromatic N) is 2. The fraction of sp³-hybridized carbons (Fsp3) is 0.111. The minimum atomic E-state index is -0.474. The zero-order valence-corrected chi connectivity index (χ0v) is 8.15. The van der Waals surface area contributed by atoms with E-state index in [0.29, 0.717) is 10.7 Å². The monoisotopic (exact) mass is 210 g/mol. The molecule has 0 saturated carbocycles. The Balaban J connectivity index is 2.76. The van der Waals surface area contributed by atoms with Crippen molar-refractivity contribution in [3.05, 3.63) is 35.4 Å². The highest BCUT2D eigenvalue weighted by Crippen LogP contribution is 2.18. The quantitative estimate of drug-likeness (QED) is 0.674. The number of imidazole rings is 1. The third kappa shape index (κ3) is 1.24. The van der Waals surface area contributed by atoms with Gasteiger partial charge in [-0.2, -0.15) is 0 Å². The molecule has 2 aromatic heterocycles. The molecular weight excluding hydrogens is 204 g/mol. The first kappa shape index (κ1) is 9.02. The number of carbonyl (C=O) groups excluding carboxylic acids is 1. The molecule has 0 bridgehead atoms. The number of pyridine rings is 1. The van der Waals surface area contributed by atoms with Crippen LogP contribution in [0.15, 0.2) is 24.7 Å². The van der Waals surface area contributed by atoms with Gasteiger partial charge in [0.25, 0.3) is 0 Å². The number of carbonyl (C=O) groups is 1. The molecule has 0 aromatic carbocycles. The minimum absolute atomic E-state index is 0.296. The molecule has 4 nitrogen and oxygen atoms in total. The van der Waals surface area contributed by atoms with E-state index in [9.17, 15) is 4.79 Å². The van der Waals surface area contributed by atoms with Crippen molar-refractivity contribution in [2.24, 2.45) is 0 Å². The second kappa shape index (κ2) is 3.31. The molecule has 0 radical (unpaired) electrons. The Kier molecular flexibility index (Phi) is 2.13. The predicted molar refractivity (Wildman–Crippen MR) is 51.5 cm³/mol. The summed E-state index contributed by atoms with van der Waals surface area (Å²) in [6.45, 7) is 0. The highest BCUT2D eigenvalue weighted by atomic mass is 35.5. The van der Waals surface area contributed by atoms with Gasteiger partial charge < -0.3 is 4.74 Å². The van der Waals surface area contributed by atoms with Gasteiger partial charge in [0.05, 0.1) is 30.2 Å². The summed E-state index contributed by atoms with van der Waals surface area (Å²) in [4.78, 5) is 15.3. The summed E-state index contributed by atoms with van der Waals surface area (Å²) in [5.74, 6) is -0.474. The van der Waals surface area contributed by atoms with Crippen LogP contribution in [0, 0.1) is 0 Å². The Bertz CT molecular complexity index is 493. The first-order valence-corrected chi connectivity index (χ1v) is 4.30. The van der Waals surface area contributed by atoms with Crippen molar-refractivity contribution >= 4 is 23.1 Å². The predicted octanol–water partition coefficient (Wildman–Crippen LogP) is 1.77. The van der Waals surface area contributed by atoms with E-state index in [2.05, 4.69) is 9.72 Å². The van der Waals surface area contributed by atoms with E-state index in [1.165, 1.54) is 13.4 Å². The molecule has 5 heteroatoms. The molecule has 0 spiro atoms. The van der Waals surface area contributed by atoms with Gasteiger partial charge in [-0.1, -0.05) is 11.6 Å². The van der Waals surface area contributed by atoms with Gasteiger partial charge in [0.2, 0.25) is 0 Å². The molecule has 0 amide bonds. The molecule has 0 aliphatic heterocycles. The zero-order valence-electron chi connectivity index (χ0n) is 7.40. The van der Waals surface area contributed by atoms with Crippen LogP contribution in [0.2, 0.25) is 5.02 Å². The Morgan fingerprint density at radius 2 is 2.36 bits per heavy atom. The lowest BCUT2D eigenvalue weighted by molar-refractivity contribution is 0.0592. The molecule has 2 rings (SSSR count). The molecule has 2 heterocycles. The van der Waals surface area contributed by atoms with Gasteiger partial charge in [-0.3, -0.25) is 4.40 Å². The van der Waals surface area contributed by atoms with E-state index < -0.39 is 5.97 Å². The van der Waals surface area contributed by atoms with Crippen molar-refractivity contribution < 1.29 is 9.53 Å². The average molecular weight is 211 g/mol. The molecule has 2 aromatic rings. The van der Waals surface area contributed by atoms with Crippen LogP contribution in [-0.4, -0.2) is 22.5 Å². The topological polar surface area (TPSA) is 43.6 Å². The molecule has 0 atom stereocenters. The minimum Gasteiger partial charge on any atom is -0.464 e. The van der Waals surface area contributed by atoms with Crippen LogP contribution in [0.25, 0.3) is 5.52 Å². The number of esters is 1. The number of aromatic nitrogens is 2. The fourth-order valence-electron chi connectivity index (χ4n) is 1.26. The first-order valence-electron chi connectivity index (χ1n) is 3.93. The third-order valence-electron chi connectivity index (χ3n) is 1.91. The first-order chi connectivity index (χ1) is 6.74. The zero-order chi connectivity index (χ0) is 10.1. The Hall–Kier alpha value is -1.55. The number of halogens is 1. The van der Waals surface area contributed by atoms with Crippen LogP contribution < -0.4 is 0 Å².